The fourth-order valence-electron chi connectivity index (χ4n) is 2.60. The van der Waals surface area contributed by atoms with Crippen molar-refractivity contribution in [3.63, 3.8) is 0 Å². The molecule has 0 aliphatic rings. The summed E-state index contributed by atoms with van der Waals surface area (Å²) in [5.74, 6) is 0.692. The van der Waals surface area contributed by atoms with Crippen molar-refractivity contribution in [1.82, 2.24) is 15.8 Å². The predicted molar refractivity (Wildman–Crippen MR) is 87.3 cm³/mol. The van der Waals surface area contributed by atoms with Gasteiger partial charge in [0.2, 0.25) is 0 Å². The molecule has 0 saturated heterocycles. The molecule has 0 bridgehead atoms. The van der Waals surface area contributed by atoms with Gasteiger partial charge in [-0.3, -0.25) is 0 Å². The molecule has 0 aliphatic carbocycles. The smallest absolute Gasteiger partial charge is 0.315 e. The van der Waals surface area contributed by atoms with Crippen molar-refractivity contribution in [3.05, 3.63) is 46.6 Å². The number of nitrogens with one attached hydrogen (secondary N) is 2. The Hall–Kier alpha value is -2.57. The number of hydrogen-bond acceptors (Lipinski definition) is 4. The van der Waals surface area contributed by atoms with Crippen LogP contribution >= 0.6 is 0 Å². The van der Waals surface area contributed by atoms with Crippen LogP contribution in [0, 0.1) is 19.7 Å². The number of carbonyl (C=O) groups excluding carboxylic acids is 1. The van der Waals surface area contributed by atoms with Gasteiger partial charge in [0, 0.05) is 18.2 Å². The second kappa shape index (κ2) is 7.81. The Labute approximate surface area is 140 Å². The van der Waals surface area contributed by atoms with Crippen LogP contribution in [0.3, 0.4) is 0 Å². The summed E-state index contributed by atoms with van der Waals surface area (Å²) >= 11 is 0. The first-order valence-electron chi connectivity index (χ1n) is 7.75. The van der Waals surface area contributed by atoms with Crippen LogP contribution in [0.4, 0.5) is 9.18 Å². The lowest BCUT2D eigenvalue weighted by Crippen LogP contribution is -2.37. The molecule has 0 unspecified atom stereocenters. The Bertz CT molecular complexity index is 696. The summed E-state index contributed by atoms with van der Waals surface area (Å²) in [4.78, 5) is 12.1. The van der Waals surface area contributed by atoms with Gasteiger partial charge < -0.3 is 19.9 Å². The zero-order valence-corrected chi connectivity index (χ0v) is 14.3. The van der Waals surface area contributed by atoms with E-state index in [2.05, 4.69) is 15.8 Å². The van der Waals surface area contributed by atoms with Gasteiger partial charge in [0.25, 0.3) is 0 Å². The Balaban J connectivity index is 1.99. The first kappa shape index (κ1) is 17.8. The number of urea groups is 1. The van der Waals surface area contributed by atoms with E-state index in [9.17, 15) is 9.18 Å². The van der Waals surface area contributed by atoms with Gasteiger partial charge in [0.15, 0.2) is 0 Å². The van der Waals surface area contributed by atoms with E-state index >= 15 is 0 Å². The maximum Gasteiger partial charge on any atom is 0.315 e. The maximum atomic E-state index is 13.5. The first-order chi connectivity index (χ1) is 11.4. The number of methoxy groups -OCH3 is 1. The van der Waals surface area contributed by atoms with Gasteiger partial charge in [-0.2, -0.15) is 0 Å². The molecule has 24 heavy (non-hydrogen) atoms. The van der Waals surface area contributed by atoms with Gasteiger partial charge in [-0.1, -0.05) is 12.1 Å². The first-order valence-corrected chi connectivity index (χ1v) is 7.75. The average molecular weight is 335 g/mol. The minimum Gasteiger partial charge on any atom is -0.497 e. The molecule has 1 atom stereocenters. The normalized spacial score (nSPS) is 11.9. The molecule has 1 aromatic carbocycles. The molecule has 130 valence electrons. The highest BCUT2D eigenvalue weighted by Gasteiger charge is 2.20. The maximum absolute atomic E-state index is 13.5. The number of nitrogens with zero attached hydrogens (tertiary/aromatic N) is 1. The lowest BCUT2D eigenvalue weighted by Gasteiger charge is -2.17. The largest absolute Gasteiger partial charge is 0.497 e. The van der Waals surface area contributed by atoms with Gasteiger partial charge >= 0.3 is 6.03 Å². The molecule has 6 nitrogen and oxygen atoms in total. The van der Waals surface area contributed by atoms with Gasteiger partial charge in [0.05, 0.1) is 18.8 Å². The van der Waals surface area contributed by atoms with E-state index in [0.717, 1.165) is 11.3 Å². The van der Waals surface area contributed by atoms with Gasteiger partial charge in [0.1, 0.15) is 17.3 Å². The highest BCUT2D eigenvalue weighted by molar-refractivity contribution is 5.74. The molecule has 0 radical (unpaired) electrons. The standard InChI is InChI=1S/C17H22FN3O3/c1-5-15(16-10(2)21-24-11(16)3)20-17(22)19-9-12-6-13(18)8-14(7-12)23-4/h6-8,15H,5,9H2,1-4H3,(H2,19,20,22)/t15-/m1/s1. The van der Waals surface area contributed by atoms with E-state index in [1.54, 1.807) is 6.07 Å². The van der Waals surface area contributed by atoms with Crippen LogP contribution in [-0.4, -0.2) is 18.3 Å². The number of halogens is 1. The summed E-state index contributed by atoms with van der Waals surface area (Å²) in [5, 5.41) is 9.52. The van der Waals surface area contributed by atoms with E-state index in [1.165, 1.54) is 19.2 Å². The number of rotatable bonds is 6. The van der Waals surface area contributed by atoms with Gasteiger partial charge in [-0.15, -0.1) is 0 Å². The monoisotopic (exact) mass is 335 g/mol. The van der Waals surface area contributed by atoms with Crippen LogP contribution in [0.2, 0.25) is 0 Å². The summed E-state index contributed by atoms with van der Waals surface area (Å²) in [7, 11) is 1.47. The van der Waals surface area contributed by atoms with Crippen LogP contribution < -0.4 is 15.4 Å². The number of amides is 2. The second-order valence-corrected chi connectivity index (χ2v) is 5.53. The summed E-state index contributed by atoms with van der Waals surface area (Å²) in [6.07, 6.45) is 0.699. The molecular weight excluding hydrogens is 313 g/mol. The quantitative estimate of drug-likeness (QED) is 0.848. The summed E-state index contributed by atoms with van der Waals surface area (Å²) in [6.45, 7) is 5.82. The number of ether oxygens (including phenoxy) is 1. The summed E-state index contributed by atoms with van der Waals surface area (Å²) in [5.41, 5.74) is 2.27. The molecule has 0 aliphatic heterocycles. The highest BCUT2D eigenvalue weighted by Crippen LogP contribution is 2.23. The van der Waals surface area contributed by atoms with Crippen molar-refractivity contribution in [2.24, 2.45) is 0 Å². The fourth-order valence-corrected chi connectivity index (χ4v) is 2.60. The Kier molecular flexibility index (Phi) is 5.78. The molecule has 1 heterocycles. The Morgan fingerprint density at radius 2 is 2.12 bits per heavy atom. The molecule has 2 amide bonds. The molecule has 1 aromatic heterocycles. The number of carbonyl (C=O) groups is 1. The van der Waals surface area contributed by atoms with Crippen LogP contribution in [0.1, 0.15) is 42.0 Å². The molecule has 2 rings (SSSR count). The lowest BCUT2D eigenvalue weighted by atomic mass is 10.0. The predicted octanol–water partition coefficient (Wildman–Crippen LogP) is 3.39. The van der Waals surface area contributed by atoms with Crippen LogP contribution in [0.5, 0.6) is 5.75 Å². The van der Waals surface area contributed by atoms with E-state index < -0.39 is 5.82 Å². The molecule has 0 saturated carbocycles. The average Bonchev–Trinajstić information content (AvgIpc) is 2.89. The van der Waals surface area contributed by atoms with Crippen LogP contribution in [0.25, 0.3) is 0 Å². The summed E-state index contributed by atoms with van der Waals surface area (Å²) < 4.78 is 23.6. The third kappa shape index (κ3) is 4.24. The van der Waals surface area contributed by atoms with Gasteiger partial charge in [-0.05, 0) is 38.0 Å². The Morgan fingerprint density at radius 3 is 2.71 bits per heavy atom. The van der Waals surface area contributed by atoms with E-state index in [0.29, 0.717) is 23.5 Å². The number of hydrogen-bond donors (Lipinski definition) is 2. The van der Waals surface area contributed by atoms with Crippen molar-refractivity contribution in [3.8, 4) is 5.75 Å². The van der Waals surface area contributed by atoms with Crippen molar-refractivity contribution < 1.29 is 18.4 Å². The van der Waals surface area contributed by atoms with E-state index in [4.69, 9.17) is 9.26 Å². The summed E-state index contributed by atoms with van der Waals surface area (Å²) in [6, 6.07) is 3.78. The van der Waals surface area contributed by atoms with Crippen molar-refractivity contribution >= 4 is 6.03 Å². The molecule has 0 fully saturated rings. The molecular formula is C17H22FN3O3. The van der Waals surface area contributed by atoms with Gasteiger partial charge in [-0.25, -0.2) is 9.18 Å². The van der Waals surface area contributed by atoms with Crippen LogP contribution in [0.15, 0.2) is 22.7 Å². The molecule has 7 heteroatoms. The molecule has 2 aromatic rings. The third-order valence-electron chi connectivity index (χ3n) is 3.77. The van der Waals surface area contributed by atoms with Crippen molar-refractivity contribution in [2.75, 3.05) is 7.11 Å². The molecule has 0 spiro atoms. The minimum absolute atomic E-state index is 0.192. The topological polar surface area (TPSA) is 76.4 Å². The van der Waals surface area contributed by atoms with E-state index in [1.807, 2.05) is 20.8 Å². The fraction of sp³-hybridized carbons (Fsp3) is 0.412. The van der Waals surface area contributed by atoms with Crippen molar-refractivity contribution in [2.45, 2.75) is 39.8 Å². The zero-order chi connectivity index (χ0) is 17.7. The highest BCUT2D eigenvalue weighted by atomic mass is 19.1. The van der Waals surface area contributed by atoms with Crippen LogP contribution in [-0.2, 0) is 6.54 Å². The number of benzene rings is 1. The third-order valence-corrected chi connectivity index (χ3v) is 3.77. The molecule has 2 N–H and O–H groups in total. The van der Waals surface area contributed by atoms with E-state index in [-0.39, 0.29) is 18.6 Å². The second-order valence-electron chi connectivity index (χ2n) is 5.53. The SMILES string of the molecule is CC[C@@H](NC(=O)NCc1cc(F)cc(OC)c1)c1c(C)noc1C. The minimum atomic E-state index is -0.409. The number of aryl methyl sites for hydroxylation is 2. The zero-order valence-electron chi connectivity index (χ0n) is 14.3. The number of aromatic nitrogens is 1. The van der Waals surface area contributed by atoms with Crippen molar-refractivity contribution in [1.29, 1.82) is 0 Å². The Morgan fingerprint density at radius 1 is 1.38 bits per heavy atom. The lowest BCUT2D eigenvalue weighted by molar-refractivity contribution is 0.236.